The molecule has 29 heavy (non-hydrogen) atoms. The summed E-state index contributed by atoms with van der Waals surface area (Å²) in [6.45, 7) is 2.32. The second-order valence-electron chi connectivity index (χ2n) is 6.91. The van der Waals surface area contributed by atoms with Crippen LogP contribution in [-0.4, -0.2) is 27.8 Å². The van der Waals surface area contributed by atoms with E-state index in [1.54, 1.807) is 35.4 Å². The Labute approximate surface area is 171 Å². The quantitative estimate of drug-likeness (QED) is 0.616. The Kier molecular flexibility index (Phi) is 5.07. The Bertz CT molecular complexity index is 1190. The predicted molar refractivity (Wildman–Crippen MR) is 108 cm³/mol. The third kappa shape index (κ3) is 3.86. The van der Waals surface area contributed by atoms with Crippen molar-refractivity contribution in [3.05, 3.63) is 74.8 Å². The number of pyridine rings is 1. The first-order chi connectivity index (χ1) is 13.9. The minimum absolute atomic E-state index is 0.0199. The Morgan fingerprint density at radius 3 is 2.79 bits per heavy atom. The molecule has 0 aliphatic carbocycles. The van der Waals surface area contributed by atoms with E-state index in [1.807, 2.05) is 13.0 Å². The Balaban J connectivity index is 1.53. The highest BCUT2D eigenvalue weighted by Crippen LogP contribution is 2.30. The zero-order valence-electron chi connectivity index (χ0n) is 15.7. The molecule has 1 aromatic carbocycles. The lowest BCUT2D eigenvalue weighted by Gasteiger charge is -2.18. The molecule has 1 amide bonds. The van der Waals surface area contributed by atoms with Crippen LogP contribution in [0.25, 0.3) is 5.65 Å². The maximum absolute atomic E-state index is 12.5. The van der Waals surface area contributed by atoms with Gasteiger partial charge in [-0.25, -0.2) is 9.78 Å². The van der Waals surface area contributed by atoms with Gasteiger partial charge in [0.25, 0.3) is 5.56 Å². The highest BCUT2D eigenvalue weighted by Gasteiger charge is 2.24. The number of hydrogen-bond donors (Lipinski definition) is 0. The average Bonchev–Trinajstić information content (AvgIpc) is 3.13. The van der Waals surface area contributed by atoms with E-state index in [-0.39, 0.29) is 23.6 Å². The molecule has 1 aliphatic rings. The molecule has 1 fully saturated rings. The first-order valence-electron chi connectivity index (χ1n) is 9.18. The van der Waals surface area contributed by atoms with E-state index in [0.29, 0.717) is 35.0 Å². The van der Waals surface area contributed by atoms with Crippen LogP contribution in [0.1, 0.15) is 34.5 Å². The minimum Gasteiger partial charge on any atom is -0.456 e. The smallest absolute Gasteiger partial charge is 0.338 e. The third-order valence-electron chi connectivity index (χ3n) is 4.76. The molecule has 1 saturated heterocycles. The molecular formula is C21H18ClN3O4. The summed E-state index contributed by atoms with van der Waals surface area (Å²) in [5.41, 5.74) is 2.31. The molecule has 0 atom stereocenters. The Morgan fingerprint density at radius 1 is 1.21 bits per heavy atom. The number of amides is 1. The van der Waals surface area contributed by atoms with Crippen molar-refractivity contribution in [2.24, 2.45) is 0 Å². The van der Waals surface area contributed by atoms with Crippen molar-refractivity contribution in [1.29, 1.82) is 0 Å². The zero-order chi connectivity index (χ0) is 20.5. The predicted octanol–water partition coefficient (Wildman–Crippen LogP) is 3.14. The lowest BCUT2D eigenvalue weighted by atomic mass is 10.2. The van der Waals surface area contributed by atoms with E-state index in [0.717, 1.165) is 12.0 Å². The van der Waals surface area contributed by atoms with Gasteiger partial charge in [-0.3, -0.25) is 14.0 Å². The van der Waals surface area contributed by atoms with Crippen molar-refractivity contribution >= 4 is 34.8 Å². The summed E-state index contributed by atoms with van der Waals surface area (Å²) in [5, 5.41) is 0.399. The van der Waals surface area contributed by atoms with Crippen LogP contribution in [0, 0.1) is 6.92 Å². The highest BCUT2D eigenvalue weighted by molar-refractivity contribution is 6.34. The molecule has 8 heteroatoms. The number of nitrogens with zero attached hydrogens (tertiary/aromatic N) is 3. The average molecular weight is 412 g/mol. The summed E-state index contributed by atoms with van der Waals surface area (Å²) >= 11 is 6.21. The molecule has 2 aromatic heterocycles. The normalized spacial score (nSPS) is 13.9. The van der Waals surface area contributed by atoms with Gasteiger partial charge < -0.3 is 9.64 Å². The van der Waals surface area contributed by atoms with E-state index < -0.39 is 5.97 Å². The van der Waals surface area contributed by atoms with Gasteiger partial charge in [0, 0.05) is 25.2 Å². The van der Waals surface area contributed by atoms with Crippen LogP contribution in [-0.2, 0) is 16.1 Å². The van der Waals surface area contributed by atoms with E-state index in [9.17, 15) is 14.4 Å². The number of hydrogen-bond acceptors (Lipinski definition) is 5. The highest BCUT2D eigenvalue weighted by atomic mass is 35.5. The molecule has 0 N–H and O–H groups in total. The van der Waals surface area contributed by atoms with Crippen molar-refractivity contribution in [2.45, 2.75) is 26.4 Å². The van der Waals surface area contributed by atoms with Crippen LogP contribution in [0.15, 0.2) is 47.4 Å². The number of esters is 1. The lowest BCUT2D eigenvalue weighted by Crippen LogP contribution is -2.24. The van der Waals surface area contributed by atoms with E-state index in [1.165, 1.54) is 10.5 Å². The van der Waals surface area contributed by atoms with Crippen LogP contribution >= 0.6 is 11.6 Å². The molecular weight excluding hydrogens is 394 g/mol. The SMILES string of the molecule is Cc1ccc2nc(COC(=O)c3ccc(Cl)c(N4CCCC4=O)c3)cc(=O)n2c1. The fourth-order valence-corrected chi connectivity index (χ4v) is 3.52. The van der Waals surface area contributed by atoms with Crippen molar-refractivity contribution in [3.63, 3.8) is 0 Å². The van der Waals surface area contributed by atoms with Gasteiger partial charge in [0.1, 0.15) is 12.3 Å². The number of benzene rings is 1. The lowest BCUT2D eigenvalue weighted by molar-refractivity contribution is -0.117. The number of ether oxygens (including phenoxy) is 1. The summed E-state index contributed by atoms with van der Waals surface area (Å²) in [7, 11) is 0. The summed E-state index contributed by atoms with van der Waals surface area (Å²) in [6.07, 6.45) is 2.93. The van der Waals surface area contributed by atoms with Gasteiger partial charge in [-0.1, -0.05) is 17.7 Å². The molecule has 148 valence electrons. The molecule has 1 aliphatic heterocycles. The second kappa shape index (κ2) is 7.67. The Morgan fingerprint density at radius 2 is 2.03 bits per heavy atom. The van der Waals surface area contributed by atoms with Crippen molar-refractivity contribution in [1.82, 2.24) is 9.38 Å². The van der Waals surface area contributed by atoms with Gasteiger partial charge in [-0.05, 0) is 43.2 Å². The van der Waals surface area contributed by atoms with Crippen molar-refractivity contribution < 1.29 is 14.3 Å². The standard InChI is InChI=1S/C21H18ClN3O4/c1-13-4-7-18-23-15(10-20(27)25(18)11-13)12-29-21(28)14-5-6-16(22)17(9-14)24-8-2-3-19(24)26/h4-7,9-11H,2-3,8,12H2,1H3. The van der Waals surface area contributed by atoms with Crippen molar-refractivity contribution in [3.8, 4) is 0 Å². The summed E-state index contributed by atoms with van der Waals surface area (Å²) in [5.74, 6) is -0.603. The van der Waals surface area contributed by atoms with Gasteiger partial charge in [0.2, 0.25) is 5.91 Å². The number of carbonyl (C=O) groups is 2. The number of halogens is 1. The number of rotatable bonds is 4. The van der Waals surface area contributed by atoms with E-state index >= 15 is 0 Å². The summed E-state index contributed by atoms with van der Waals surface area (Å²) in [6, 6.07) is 9.60. The van der Waals surface area contributed by atoms with Crippen LogP contribution in [0.4, 0.5) is 5.69 Å². The molecule has 3 heterocycles. The van der Waals surface area contributed by atoms with E-state index in [4.69, 9.17) is 16.3 Å². The van der Waals surface area contributed by atoms with Crippen molar-refractivity contribution in [2.75, 3.05) is 11.4 Å². The fraction of sp³-hybridized carbons (Fsp3) is 0.238. The monoisotopic (exact) mass is 411 g/mol. The molecule has 0 spiro atoms. The molecule has 3 aromatic rings. The third-order valence-corrected chi connectivity index (χ3v) is 5.08. The molecule has 0 radical (unpaired) electrons. The van der Waals surface area contributed by atoms with E-state index in [2.05, 4.69) is 4.98 Å². The fourth-order valence-electron chi connectivity index (χ4n) is 3.30. The van der Waals surface area contributed by atoms with Gasteiger partial charge in [-0.15, -0.1) is 0 Å². The molecule has 7 nitrogen and oxygen atoms in total. The molecule has 0 unspecified atom stereocenters. The van der Waals surface area contributed by atoms with Crippen LogP contribution in [0.3, 0.4) is 0 Å². The number of carbonyl (C=O) groups excluding carboxylic acids is 2. The zero-order valence-corrected chi connectivity index (χ0v) is 16.5. The van der Waals surface area contributed by atoms with Crippen LogP contribution in [0.5, 0.6) is 0 Å². The minimum atomic E-state index is -0.583. The number of anilines is 1. The van der Waals surface area contributed by atoms with Gasteiger partial charge in [0.15, 0.2) is 0 Å². The maximum Gasteiger partial charge on any atom is 0.338 e. The first-order valence-corrected chi connectivity index (χ1v) is 9.56. The summed E-state index contributed by atoms with van der Waals surface area (Å²) < 4.78 is 6.77. The second-order valence-corrected chi connectivity index (χ2v) is 7.32. The largest absolute Gasteiger partial charge is 0.456 e. The van der Waals surface area contributed by atoms with Gasteiger partial charge >= 0.3 is 5.97 Å². The Hall–Kier alpha value is -3.19. The van der Waals surface area contributed by atoms with Crippen LogP contribution in [0.2, 0.25) is 5.02 Å². The van der Waals surface area contributed by atoms with Gasteiger partial charge in [0.05, 0.1) is 22.0 Å². The molecule has 4 rings (SSSR count). The number of aryl methyl sites for hydroxylation is 1. The van der Waals surface area contributed by atoms with Gasteiger partial charge in [-0.2, -0.15) is 0 Å². The maximum atomic E-state index is 12.5. The first kappa shape index (κ1) is 19.1. The number of aromatic nitrogens is 2. The molecule has 0 saturated carbocycles. The molecule has 0 bridgehead atoms. The number of fused-ring (bicyclic) bond motifs is 1. The topological polar surface area (TPSA) is 81.0 Å². The summed E-state index contributed by atoms with van der Waals surface area (Å²) in [4.78, 5) is 42.7. The van der Waals surface area contributed by atoms with Crippen LogP contribution < -0.4 is 10.5 Å².